The summed E-state index contributed by atoms with van der Waals surface area (Å²) >= 11 is 3.38. The maximum absolute atomic E-state index is 12.0. The zero-order valence-corrected chi connectivity index (χ0v) is 12.2. The average molecular weight is 326 g/mol. The summed E-state index contributed by atoms with van der Waals surface area (Å²) in [5, 5.41) is 8.50. The molecule has 2 rings (SSSR count). The fourth-order valence-corrected chi connectivity index (χ4v) is 2.16. The van der Waals surface area contributed by atoms with Gasteiger partial charge in [-0.2, -0.15) is 0 Å². The maximum atomic E-state index is 12.0. The molecule has 1 aromatic carbocycles. The van der Waals surface area contributed by atoms with Crippen molar-refractivity contribution in [3.8, 4) is 0 Å². The van der Waals surface area contributed by atoms with Crippen LogP contribution < -0.4 is 16.0 Å². The van der Waals surface area contributed by atoms with E-state index in [1.54, 1.807) is 0 Å². The largest absolute Gasteiger partial charge is 0.353 e. The molecular formula is C13H16BrN3O2. The molecule has 1 aliphatic rings. The summed E-state index contributed by atoms with van der Waals surface area (Å²) in [6.45, 7) is 2.45. The van der Waals surface area contributed by atoms with E-state index >= 15 is 0 Å². The van der Waals surface area contributed by atoms with Gasteiger partial charge in [-0.15, -0.1) is 0 Å². The Morgan fingerprint density at radius 2 is 2.11 bits per heavy atom. The summed E-state index contributed by atoms with van der Waals surface area (Å²) in [5.41, 5.74) is 1.04. The zero-order chi connectivity index (χ0) is 13.8. The predicted octanol–water partition coefficient (Wildman–Crippen LogP) is 0.714. The molecule has 3 N–H and O–H groups in total. The summed E-state index contributed by atoms with van der Waals surface area (Å²) in [6, 6.07) is 7.38. The first-order valence-corrected chi connectivity index (χ1v) is 6.91. The molecule has 2 amide bonds. The normalized spacial score (nSPS) is 20.5. The van der Waals surface area contributed by atoms with Crippen LogP contribution in [0.3, 0.4) is 0 Å². The van der Waals surface area contributed by atoms with E-state index < -0.39 is 0 Å². The first kappa shape index (κ1) is 14.0. The van der Waals surface area contributed by atoms with Crippen molar-refractivity contribution in [2.75, 3.05) is 13.1 Å². The van der Waals surface area contributed by atoms with Gasteiger partial charge < -0.3 is 10.6 Å². The van der Waals surface area contributed by atoms with Gasteiger partial charge in [-0.1, -0.05) is 28.1 Å². The van der Waals surface area contributed by atoms with Gasteiger partial charge in [-0.05, 0) is 24.6 Å². The van der Waals surface area contributed by atoms with Gasteiger partial charge in [0.2, 0.25) is 11.8 Å². The number of hydrogen-bond acceptors (Lipinski definition) is 3. The Labute approximate surface area is 120 Å². The van der Waals surface area contributed by atoms with Crippen molar-refractivity contribution < 1.29 is 9.59 Å². The quantitative estimate of drug-likeness (QED) is 0.766. The van der Waals surface area contributed by atoms with Gasteiger partial charge in [0.25, 0.3) is 0 Å². The van der Waals surface area contributed by atoms with Crippen molar-refractivity contribution in [2.45, 2.75) is 19.0 Å². The third-order valence-electron chi connectivity index (χ3n) is 3.06. The number of amides is 2. The van der Waals surface area contributed by atoms with E-state index in [1.807, 2.05) is 31.2 Å². The molecule has 0 radical (unpaired) electrons. The Bertz CT molecular complexity index is 465. The van der Waals surface area contributed by atoms with Crippen LogP contribution in [0.15, 0.2) is 28.7 Å². The molecule has 5 nitrogen and oxygen atoms in total. The van der Waals surface area contributed by atoms with E-state index in [-0.39, 0.29) is 30.4 Å². The van der Waals surface area contributed by atoms with Gasteiger partial charge in [0.1, 0.15) is 6.04 Å². The lowest BCUT2D eigenvalue weighted by molar-refractivity contribution is -0.127. The van der Waals surface area contributed by atoms with Crippen molar-refractivity contribution >= 4 is 27.7 Å². The molecule has 1 aromatic rings. The average Bonchev–Trinajstić information content (AvgIpc) is 2.40. The van der Waals surface area contributed by atoms with E-state index in [0.717, 1.165) is 10.0 Å². The predicted molar refractivity (Wildman–Crippen MR) is 75.5 cm³/mol. The number of halogens is 1. The molecule has 0 aliphatic carbocycles. The molecule has 2 atom stereocenters. The summed E-state index contributed by atoms with van der Waals surface area (Å²) in [4.78, 5) is 23.0. The fraction of sp³-hybridized carbons (Fsp3) is 0.385. The summed E-state index contributed by atoms with van der Waals surface area (Å²) < 4.78 is 1.01. The molecule has 6 heteroatoms. The topological polar surface area (TPSA) is 70.2 Å². The maximum Gasteiger partial charge on any atom is 0.239 e. The van der Waals surface area contributed by atoms with Crippen molar-refractivity contribution in [2.24, 2.45) is 0 Å². The van der Waals surface area contributed by atoms with Crippen LogP contribution in [0.2, 0.25) is 0 Å². The standard InChI is InChI=1S/C13H16BrN3O2/c1-8(9-2-4-10(14)5-3-9)17-13(19)11-6-16-12(18)7-15-11/h2-5,8,11,15H,6-7H2,1H3,(H,16,18)(H,17,19)/t8-,11?/m1/s1. The Hall–Kier alpha value is -1.40. The molecule has 0 saturated carbocycles. The fourth-order valence-electron chi connectivity index (χ4n) is 1.90. The first-order valence-electron chi connectivity index (χ1n) is 6.12. The SMILES string of the molecule is C[C@@H](NC(=O)C1CNC(=O)CN1)c1ccc(Br)cc1. The van der Waals surface area contributed by atoms with Crippen LogP contribution in [0.25, 0.3) is 0 Å². The number of carbonyl (C=O) groups excluding carboxylic acids is 2. The molecule has 1 fully saturated rings. The molecule has 102 valence electrons. The molecular weight excluding hydrogens is 310 g/mol. The van der Waals surface area contributed by atoms with Gasteiger partial charge in [-0.3, -0.25) is 14.9 Å². The number of piperazine rings is 1. The van der Waals surface area contributed by atoms with E-state index in [1.165, 1.54) is 0 Å². The molecule has 1 unspecified atom stereocenters. The smallest absolute Gasteiger partial charge is 0.239 e. The molecule has 1 saturated heterocycles. The van der Waals surface area contributed by atoms with Crippen LogP contribution in [-0.4, -0.2) is 30.9 Å². The highest BCUT2D eigenvalue weighted by Crippen LogP contribution is 2.16. The molecule has 0 aromatic heterocycles. The highest BCUT2D eigenvalue weighted by Gasteiger charge is 2.24. The van der Waals surface area contributed by atoms with Gasteiger partial charge in [0.05, 0.1) is 12.6 Å². The van der Waals surface area contributed by atoms with Gasteiger partial charge >= 0.3 is 0 Å². The van der Waals surface area contributed by atoms with Crippen LogP contribution in [0.4, 0.5) is 0 Å². The van der Waals surface area contributed by atoms with Crippen LogP contribution >= 0.6 is 15.9 Å². The Morgan fingerprint density at radius 3 is 2.68 bits per heavy atom. The van der Waals surface area contributed by atoms with Gasteiger partial charge in [-0.25, -0.2) is 0 Å². The molecule has 0 bridgehead atoms. The molecule has 1 heterocycles. The van der Waals surface area contributed by atoms with Crippen LogP contribution in [-0.2, 0) is 9.59 Å². The zero-order valence-electron chi connectivity index (χ0n) is 10.6. The summed E-state index contributed by atoms with van der Waals surface area (Å²) in [7, 11) is 0. The molecule has 19 heavy (non-hydrogen) atoms. The summed E-state index contributed by atoms with van der Waals surface area (Å²) in [5.74, 6) is -0.180. The summed E-state index contributed by atoms with van der Waals surface area (Å²) in [6.07, 6.45) is 0. The van der Waals surface area contributed by atoms with E-state index in [0.29, 0.717) is 6.54 Å². The third kappa shape index (κ3) is 3.78. The highest BCUT2D eigenvalue weighted by atomic mass is 79.9. The number of benzene rings is 1. The lowest BCUT2D eigenvalue weighted by Gasteiger charge is -2.25. The van der Waals surface area contributed by atoms with Crippen LogP contribution in [0.5, 0.6) is 0 Å². The lowest BCUT2D eigenvalue weighted by Crippen LogP contribution is -2.58. The molecule has 0 spiro atoms. The van der Waals surface area contributed by atoms with Crippen LogP contribution in [0.1, 0.15) is 18.5 Å². The second kappa shape index (κ2) is 6.16. The van der Waals surface area contributed by atoms with E-state index in [2.05, 4.69) is 31.9 Å². The molecule has 1 aliphatic heterocycles. The second-order valence-corrected chi connectivity index (χ2v) is 5.44. The number of rotatable bonds is 3. The number of hydrogen-bond donors (Lipinski definition) is 3. The highest BCUT2D eigenvalue weighted by molar-refractivity contribution is 9.10. The number of carbonyl (C=O) groups is 2. The monoisotopic (exact) mass is 325 g/mol. The minimum atomic E-state index is -0.365. The van der Waals surface area contributed by atoms with E-state index in [9.17, 15) is 9.59 Å². The second-order valence-electron chi connectivity index (χ2n) is 4.52. The Morgan fingerprint density at radius 1 is 1.42 bits per heavy atom. The van der Waals surface area contributed by atoms with Crippen LogP contribution in [0, 0.1) is 0 Å². The third-order valence-corrected chi connectivity index (χ3v) is 3.59. The van der Waals surface area contributed by atoms with Crippen molar-refractivity contribution in [1.29, 1.82) is 0 Å². The number of nitrogens with one attached hydrogen (secondary N) is 3. The minimum absolute atomic E-state index is 0.0694. The van der Waals surface area contributed by atoms with Crippen molar-refractivity contribution in [3.63, 3.8) is 0 Å². The van der Waals surface area contributed by atoms with Crippen molar-refractivity contribution in [1.82, 2.24) is 16.0 Å². The lowest BCUT2D eigenvalue weighted by atomic mass is 10.1. The van der Waals surface area contributed by atoms with Gasteiger partial charge in [0.15, 0.2) is 0 Å². The van der Waals surface area contributed by atoms with E-state index in [4.69, 9.17) is 0 Å². The Kier molecular flexibility index (Phi) is 4.55. The minimum Gasteiger partial charge on any atom is -0.353 e. The van der Waals surface area contributed by atoms with Crippen molar-refractivity contribution in [3.05, 3.63) is 34.3 Å². The first-order chi connectivity index (χ1) is 9.06. The Balaban J connectivity index is 1.91. The van der Waals surface area contributed by atoms with Gasteiger partial charge in [0, 0.05) is 11.0 Å².